The number of nitrogens with one attached hydrogen (secondary N) is 2. The Bertz CT molecular complexity index is 481. The standard InChI is InChI=1S/C15H26N4O2/c1-15(2,3)18-9-8-17-14(16)19-11-6-7-12(20-4)13(10-11)21-5/h6-7,10,18H,8-9H2,1-5H3,(H3,16,17,19). The molecule has 0 amide bonds. The van der Waals surface area contributed by atoms with Crippen molar-refractivity contribution in [2.24, 2.45) is 10.7 Å². The highest BCUT2D eigenvalue weighted by Crippen LogP contribution is 2.29. The SMILES string of the molecule is COc1ccc(NC(N)=NCCNC(C)(C)C)cc1OC. The molecule has 0 aromatic heterocycles. The maximum absolute atomic E-state index is 5.86. The smallest absolute Gasteiger partial charge is 0.193 e. The normalized spacial score (nSPS) is 12.1. The molecule has 21 heavy (non-hydrogen) atoms. The number of anilines is 1. The number of nitrogens with zero attached hydrogens (tertiary/aromatic N) is 1. The maximum Gasteiger partial charge on any atom is 0.193 e. The third-order valence-corrected chi connectivity index (χ3v) is 2.71. The number of rotatable bonds is 6. The molecular weight excluding hydrogens is 268 g/mol. The van der Waals surface area contributed by atoms with E-state index in [0.717, 1.165) is 12.2 Å². The van der Waals surface area contributed by atoms with Crippen LogP contribution in [-0.4, -0.2) is 38.8 Å². The summed E-state index contributed by atoms with van der Waals surface area (Å²) in [5.74, 6) is 1.69. The van der Waals surface area contributed by atoms with Crippen molar-refractivity contribution in [2.75, 3.05) is 32.6 Å². The molecule has 0 spiro atoms. The van der Waals surface area contributed by atoms with Gasteiger partial charge in [-0.15, -0.1) is 0 Å². The summed E-state index contributed by atoms with van der Waals surface area (Å²) in [5, 5.41) is 6.38. The summed E-state index contributed by atoms with van der Waals surface area (Å²) in [5.41, 5.74) is 6.74. The molecule has 4 N–H and O–H groups in total. The van der Waals surface area contributed by atoms with E-state index in [0.29, 0.717) is 24.0 Å². The van der Waals surface area contributed by atoms with Crippen LogP contribution in [0.4, 0.5) is 5.69 Å². The summed E-state index contributed by atoms with van der Waals surface area (Å²) < 4.78 is 10.4. The number of ether oxygens (including phenoxy) is 2. The van der Waals surface area contributed by atoms with Gasteiger partial charge < -0.3 is 25.8 Å². The van der Waals surface area contributed by atoms with Gasteiger partial charge in [0.1, 0.15) is 0 Å². The zero-order valence-electron chi connectivity index (χ0n) is 13.5. The van der Waals surface area contributed by atoms with Gasteiger partial charge in [-0.1, -0.05) is 0 Å². The van der Waals surface area contributed by atoms with Crippen LogP contribution in [0, 0.1) is 0 Å². The van der Waals surface area contributed by atoms with E-state index < -0.39 is 0 Å². The second kappa shape index (κ2) is 7.73. The van der Waals surface area contributed by atoms with Gasteiger partial charge in [0.25, 0.3) is 0 Å². The lowest BCUT2D eigenvalue weighted by Gasteiger charge is -2.19. The topological polar surface area (TPSA) is 80.9 Å². The van der Waals surface area contributed by atoms with Crippen molar-refractivity contribution >= 4 is 11.6 Å². The van der Waals surface area contributed by atoms with E-state index in [-0.39, 0.29) is 5.54 Å². The van der Waals surface area contributed by atoms with Gasteiger partial charge in [-0.05, 0) is 32.9 Å². The number of nitrogens with two attached hydrogens (primary N) is 1. The first kappa shape index (κ1) is 17.1. The third-order valence-electron chi connectivity index (χ3n) is 2.71. The molecular formula is C15H26N4O2. The van der Waals surface area contributed by atoms with Crippen molar-refractivity contribution in [3.05, 3.63) is 18.2 Å². The predicted octanol–water partition coefficient (Wildman–Crippen LogP) is 1.82. The molecule has 1 aromatic rings. The van der Waals surface area contributed by atoms with Gasteiger partial charge in [0.05, 0.1) is 20.8 Å². The van der Waals surface area contributed by atoms with Crippen molar-refractivity contribution in [1.29, 1.82) is 0 Å². The Labute approximate surface area is 126 Å². The van der Waals surface area contributed by atoms with E-state index in [9.17, 15) is 0 Å². The van der Waals surface area contributed by atoms with E-state index in [1.165, 1.54) is 0 Å². The lowest BCUT2D eigenvalue weighted by atomic mass is 10.1. The second-order valence-electron chi connectivity index (χ2n) is 5.64. The fraction of sp³-hybridized carbons (Fsp3) is 0.533. The molecule has 0 fully saturated rings. The molecule has 0 radical (unpaired) electrons. The third kappa shape index (κ3) is 6.35. The van der Waals surface area contributed by atoms with Crippen LogP contribution >= 0.6 is 0 Å². The van der Waals surface area contributed by atoms with Crippen LogP contribution in [0.1, 0.15) is 20.8 Å². The van der Waals surface area contributed by atoms with Crippen LogP contribution < -0.4 is 25.8 Å². The largest absolute Gasteiger partial charge is 0.493 e. The first-order chi connectivity index (χ1) is 9.85. The zero-order chi connectivity index (χ0) is 15.9. The second-order valence-corrected chi connectivity index (χ2v) is 5.64. The molecule has 6 heteroatoms. The first-order valence-electron chi connectivity index (χ1n) is 6.89. The van der Waals surface area contributed by atoms with Crippen LogP contribution in [0.25, 0.3) is 0 Å². The van der Waals surface area contributed by atoms with E-state index >= 15 is 0 Å². The van der Waals surface area contributed by atoms with E-state index in [1.54, 1.807) is 14.2 Å². The quantitative estimate of drug-likeness (QED) is 0.423. The molecule has 0 saturated carbocycles. The average molecular weight is 294 g/mol. The van der Waals surface area contributed by atoms with Crippen molar-refractivity contribution in [1.82, 2.24) is 5.32 Å². The molecule has 0 unspecified atom stereocenters. The van der Waals surface area contributed by atoms with Gasteiger partial charge in [0.2, 0.25) is 0 Å². The molecule has 0 atom stereocenters. The molecule has 1 rings (SSSR count). The van der Waals surface area contributed by atoms with Gasteiger partial charge in [-0.2, -0.15) is 0 Å². The molecule has 0 heterocycles. The summed E-state index contributed by atoms with van der Waals surface area (Å²) >= 11 is 0. The summed E-state index contributed by atoms with van der Waals surface area (Å²) in [6.07, 6.45) is 0. The highest BCUT2D eigenvalue weighted by atomic mass is 16.5. The lowest BCUT2D eigenvalue weighted by molar-refractivity contribution is 0.355. The van der Waals surface area contributed by atoms with Crippen LogP contribution in [0.2, 0.25) is 0 Å². The van der Waals surface area contributed by atoms with Crippen molar-refractivity contribution in [2.45, 2.75) is 26.3 Å². The molecule has 0 aliphatic carbocycles. The summed E-state index contributed by atoms with van der Waals surface area (Å²) in [7, 11) is 3.19. The van der Waals surface area contributed by atoms with Crippen LogP contribution in [0.3, 0.4) is 0 Å². The lowest BCUT2D eigenvalue weighted by Crippen LogP contribution is -2.37. The highest BCUT2D eigenvalue weighted by Gasteiger charge is 2.07. The first-order valence-corrected chi connectivity index (χ1v) is 6.89. The summed E-state index contributed by atoms with van der Waals surface area (Å²) in [6, 6.07) is 5.49. The van der Waals surface area contributed by atoms with Gasteiger partial charge in [-0.3, -0.25) is 4.99 Å². The predicted molar refractivity (Wildman–Crippen MR) is 87.4 cm³/mol. The number of hydrogen-bond acceptors (Lipinski definition) is 4. The number of aliphatic imine (C=N–C) groups is 1. The van der Waals surface area contributed by atoms with Crippen molar-refractivity contribution in [3.8, 4) is 11.5 Å². The van der Waals surface area contributed by atoms with Gasteiger partial charge in [0, 0.05) is 23.8 Å². The van der Waals surface area contributed by atoms with Crippen molar-refractivity contribution in [3.63, 3.8) is 0 Å². The molecule has 0 saturated heterocycles. The number of hydrogen-bond donors (Lipinski definition) is 3. The molecule has 118 valence electrons. The fourth-order valence-electron chi connectivity index (χ4n) is 1.71. The highest BCUT2D eigenvalue weighted by molar-refractivity contribution is 5.92. The fourth-order valence-corrected chi connectivity index (χ4v) is 1.71. The molecule has 0 aliphatic rings. The molecule has 6 nitrogen and oxygen atoms in total. The Balaban J connectivity index is 2.56. The minimum atomic E-state index is 0.0844. The molecule has 0 aliphatic heterocycles. The summed E-state index contributed by atoms with van der Waals surface area (Å²) in [6.45, 7) is 7.73. The van der Waals surface area contributed by atoms with Gasteiger partial charge in [-0.25, -0.2) is 0 Å². The summed E-state index contributed by atoms with van der Waals surface area (Å²) in [4.78, 5) is 4.27. The molecule has 0 bridgehead atoms. The zero-order valence-corrected chi connectivity index (χ0v) is 13.5. The number of methoxy groups -OCH3 is 2. The Kier molecular flexibility index (Phi) is 6.30. The van der Waals surface area contributed by atoms with E-state index in [1.807, 2.05) is 18.2 Å². The molecule has 1 aromatic carbocycles. The van der Waals surface area contributed by atoms with Crippen LogP contribution in [0.15, 0.2) is 23.2 Å². The monoisotopic (exact) mass is 294 g/mol. The minimum absolute atomic E-state index is 0.0844. The Morgan fingerprint density at radius 1 is 1.19 bits per heavy atom. The maximum atomic E-state index is 5.86. The number of benzene rings is 1. The van der Waals surface area contributed by atoms with E-state index in [4.69, 9.17) is 15.2 Å². The Hall–Kier alpha value is -1.95. The van der Waals surface area contributed by atoms with Gasteiger partial charge in [0.15, 0.2) is 17.5 Å². The van der Waals surface area contributed by atoms with Crippen LogP contribution in [0.5, 0.6) is 11.5 Å². The number of guanidine groups is 1. The minimum Gasteiger partial charge on any atom is -0.493 e. The van der Waals surface area contributed by atoms with Crippen molar-refractivity contribution < 1.29 is 9.47 Å². The van der Waals surface area contributed by atoms with Gasteiger partial charge >= 0.3 is 0 Å². The Morgan fingerprint density at radius 2 is 1.86 bits per heavy atom. The average Bonchev–Trinajstić information content (AvgIpc) is 2.42. The van der Waals surface area contributed by atoms with E-state index in [2.05, 4.69) is 36.4 Å². The Morgan fingerprint density at radius 3 is 2.43 bits per heavy atom. The van der Waals surface area contributed by atoms with Crippen LogP contribution in [-0.2, 0) is 0 Å².